The quantitative estimate of drug-likeness (QED) is 0.880. The van der Waals surface area contributed by atoms with Gasteiger partial charge in [0.2, 0.25) is 0 Å². The summed E-state index contributed by atoms with van der Waals surface area (Å²) in [5, 5.41) is 12.3. The van der Waals surface area contributed by atoms with Crippen LogP contribution in [-0.2, 0) is 6.42 Å². The first-order valence-corrected chi connectivity index (χ1v) is 7.82. The average Bonchev–Trinajstić information content (AvgIpc) is 2.45. The van der Waals surface area contributed by atoms with Gasteiger partial charge in [0.1, 0.15) is 0 Å². The maximum Gasteiger partial charge on any atom is 0.0676 e. The highest BCUT2D eigenvalue weighted by Gasteiger charge is 2.26. The van der Waals surface area contributed by atoms with Gasteiger partial charge in [0.15, 0.2) is 0 Å². The molecule has 1 fully saturated rings. The molecule has 3 heteroatoms. The first kappa shape index (κ1) is 14.4. The Balaban J connectivity index is 2.28. The van der Waals surface area contributed by atoms with Gasteiger partial charge in [-0.1, -0.05) is 33.1 Å². The summed E-state index contributed by atoms with van der Waals surface area (Å²) in [5.74, 6) is 0.766. The molecule has 1 saturated carbocycles. The zero-order valence-corrected chi connectivity index (χ0v) is 12.6. The fourth-order valence-electron chi connectivity index (χ4n) is 3.30. The van der Waals surface area contributed by atoms with Crippen molar-refractivity contribution in [1.29, 1.82) is 0 Å². The van der Waals surface area contributed by atoms with Gasteiger partial charge in [-0.3, -0.25) is 0 Å². The molecule has 1 aromatic heterocycles. The van der Waals surface area contributed by atoms with Gasteiger partial charge in [0.05, 0.1) is 11.4 Å². The third-order valence-electron chi connectivity index (χ3n) is 4.24. The number of aromatic nitrogens is 2. The van der Waals surface area contributed by atoms with E-state index < -0.39 is 0 Å². The van der Waals surface area contributed by atoms with Crippen molar-refractivity contribution in [1.82, 2.24) is 15.5 Å². The molecule has 19 heavy (non-hydrogen) atoms. The third kappa shape index (κ3) is 3.53. The van der Waals surface area contributed by atoms with Gasteiger partial charge in [-0.2, -0.15) is 10.2 Å². The van der Waals surface area contributed by atoms with Crippen LogP contribution in [0.25, 0.3) is 0 Å². The van der Waals surface area contributed by atoms with Crippen LogP contribution in [0.1, 0.15) is 68.9 Å². The molecule has 1 aliphatic carbocycles. The Morgan fingerprint density at radius 3 is 2.58 bits per heavy atom. The fraction of sp³-hybridized carbons (Fsp3) is 0.750. The predicted octanol–water partition coefficient (Wildman–Crippen LogP) is 3.58. The minimum atomic E-state index is 0.467. The molecular formula is C16H27N3. The Kier molecular flexibility index (Phi) is 5.32. The van der Waals surface area contributed by atoms with Gasteiger partial charge in [0.25, 0.3) is 0 Å². The van der Waals surface area contributed by atoms with Crippen molar-refractivity contribution in [2.75, 3.05) is 6.54 Å². The molecule has 1 unspecified atom stereocenters. The van der Waals surface area contributed by atoms with Gasteiger partial charge < -0.3 is 5.32 Å². The standard InChI is InChI=1S/C16H27N3/c1-4-15-14(11-12(3)18-19-15)16(17-5-2)13-9-7-6-8-10-13/h11,13,16-17H,4-10H2,1-3H3. The number of nitrogens with one attached hydrogen (secondary N) is 1. The third-order valence-corrected chi connectivity index (χ3v) is 4.24. The molecule has 1 heterocycles. The van der Waals surface area contributed by atoms with E-state index in [1.807, 2.05) is 6.92 Å². The Bertz CT molecular complexity index is 397. The summed E-state index contributed by atoms with van der Waals surface area (Å²) < 4.78 is 0. The summed E-state index contributed by atoms with van der Waals surface area (Å²) in [7, 11) is 0. The van der Waals surface area contributed by atoms with Crippen LogP contribution in [-0.4, -0.2) is 16.7 Å². The number of aryl methyl sites for hydroxylation is 2. The normalized spacial score (nSPS) is 18.5. The van der Waals surface area contributed by atoms with E-state index in [4.69, 9.17) is 0 Å². The second-order valence-electron chi connectivity index (χ2n) is 5.67. The second-order valence-corrected chi connectivity index (χ2v) is 5.67. The maximum atomic E-state index is 4.40. The van der Waals surface area contributed by atoms with Crippen LogP contribution < -0.4 is 5.32 Å². The molecule has 0 aromatic carbocycles. The van der Waals surface area contributed by atoms with Crippen LogP contribution in [0.3, 0.4) is 0 Å². The molecule has 0 spiro atoms. The van der Waals surface area contributed by atoms with E-state index in [-0.39, 0.29) is 0 Å². The summed E-state index contributed by atoms with van der Waals surface area (Å²) in [6.07, 6.45) is 7.84. The lowest BCUT2D eigenvalue weighted by Gasteiger charge is -2.32. The minimum absolute atomic E-state index is 0.467. The molecule has 2 rings (SSSR count). The smallest absolute Gasteiger partial charge is 0.0676 e. The Morgan fingerprint density at radius 1 is 1.21 bits per heavy atom. The number of nitrogens with zero attached hydrogens (tertiary/aromatic N) is 2. The van der Waals surface area contributed by atoms with E-state index in [1.54, 1.807) is 0 Å². The molecule has 0 saturated heterocycles. The zero-order valence-electron chi connectivity index (χ0n) is 12.6. The van der Waals surface area contributed by atoms with Crippen molar-refractivity contribution in [3.8, 4) is 0 Å². The average molecular weight is 261 g/mol. The van der Waals surface area contributed by atoms with Crippen LogP contribution in [0.2, 0.25) is 0 Å². The van der Waals surface area contributed by atoms with Gasteiger partial charge in [0, 0.05) is 6.04 Å². The molecule has 1 N–H and O–H groups in total. The van der Waals surface area contributed by atoms with Gasteiger partial charge >= 0.3 is 0 Å². The molecule has 1 aromatic rings. The molecule has 0 radical (unpaired) electrons. The molecule has 0 amide bonds. The van der Waals surface area contributed by atoms with Crippen LogP contribution in [0.15, 0.2) is 6.07 Å². The van der Waals surface area contributed by atoms with Crippen molar-refractivity contribution >= 4 is 0 Å². The molecule has 3 nitrogen and oxygen atoms in total. The van der Waals surface area contributed by atoms with Crippen molar-refractivity contribution in [3.63, 3.8) is 0 Å². The summed E-state index contributed by atoms with van der Waals surface area (Å²) >= 11 is 0. The van der Waals surface area contributed by atoms with Crippen LogP contribution in [0, 0.1) is 12.8 Å². The second kappa shape index (κ2) is 6.99. The van der Waals surface area contributed by atoms with Crippen LogP contribution in [0.4, 0.5) is 0 Å². The van der Waals surface area contributed by atoms with Gasteiger partial charge in [-0.25, -0.2) is 0 Å². The van der Waals surface area contributed by atoms with E-state index in [2.05, 4.69) is 35.4 Å². The molecule has 0 aliphatic heterocycles. The number of rotatable bonds is 5. The lowest BCUT2D eigenvalue weighted by Crippen LogP contribution is -2.31. The van der Waals surface area contributed by atoms with Gasteiger partial charge in [-0.15, -0.1) is 0 Å². The summed E-state index contributed by atoms with van der Waals surface area (Å²) in [6, 6.07) is 2.71. The van der Waals surface area contributed by atoms with E-state index in [0.29, 0.717) is 6.04 Å². The lowest BCUT2D eigenvalue weighted by atomic mass is 9.80. The first-order valence-electron chi connectivity index (χ1n) is 7.82. The van der Waals surface area contributed by atoms with E-state index in [0.717, 1.165) is 24.6 Å². The van der Waals surface area contributed by atoms with Crippen molar-refractivity contribution < 1.29 is 0 Å². The highest BCUT2D eigenvalue weighted by molar-refractivity contribution is 5.25. The molecule has 106 valence electrons. The Hall–Kier alpha value is -0.960. The minimum Gasteiger partial charge on any atom is -0.310 e. The van der Waals surface area contributed by atoms with E-state index >= 15 is 0 Å². The summed E-state index contributed by atoms with van der Waals surface area (Å²) in [6.45, 7) is 7.43. The molecule has 1 aliphatic rings. The Morgan fingerprint density at radius 2 is 1.95 bits per heavy atom. The highest BCUT2D eigenvalue weighted by Crippen LogP contribution is 2.35. The maximum absolute atomic E-state index is 4.40. The summed E-state index contributed by atoms with van der Waals surface area (Å²) in [4.78, 5) is 0. The van der Waals surface area contributed by atoms with Crippen LogP contribution >= 0.6 is 0 Å². The number of hydrogen-bond acceptors (Lipinski definition) is 3. The SMILES string of the molecule is CCNC(c1cc(C)nnc1CC)C1CCCCC1. The molecular weight excluding hydrogens is 234 g/mol. The lowest BCUT2D eigenvalue weighted by molar-refractivity contribution is 0.272. The molecule has 0 bridgehead atoms. The Labute approximate surface area is 117 Å². The number of hydrogen-bond donors (Lipinski definition) is 1. The summed E-state index contributed by atoms with van der Waals surface area (Å²) in [5.41, 5.74) is 3.59. The van der Waals surface area contributed by atoms with Crippen LogP contribution in [0.5, 0.6) is 0 Å². The first-order chi connectivity index (χ1) is 9.26. The van der Waals surface area contributed by atoms with E-state index in [1.165, 1.54) is 43.4 Å². The zero-order chi connectivity index (χ0) is 13.7. The predicted molar refractivity (Wildman–Crippen MR) is 79.1 cm³/mol. The monoisotopic (exact) mass is 261 g/mol. The van der Waals surface area contributed by atoms with Crippen molar-refractivity contribution in [3.05, 3.63) is 23.0 Å². The van der Waals surface area contributed by atoms with Crippen molar-refractivity contribution in [2.45, 2.75) is 65.3 Å². The van der Waals surface area contributed by atoms with Gasteiger partial charge in [-0.05, 0) is 50.3 Å². The fourth-order valence-corrected chi connectivity index (χ4v) is 3.30. The molecule has 1 atom stereocenters. The topological polar surface area (TPSA) is 37.8 Å². The van der Waals surface area contributed by atoms with E-state index in [9.17, 15) is 0 Å². The highest BCUT2D eigenvalue weighted by atomic mass is 15.1. The largest absolute Gasteiger partial charge is 0.310 e. The van der Waals surface area contributed by atoms with Crippen molar-refractivity contribution in [2.24, 2.45) is 5.92 Å².